The van der Waals surface area contributed by atoms with Crippen molar-refractivity contribution in [2.24, 2.45) is 0 Å². The highest BCUT2D eigenvalue weighted by molar-refractivity contribution is 7.12. The second-order valence-electron chi connectivity index (χ2n) is 7.00. The maximum absolute atomic E-state index is 14.3. The summed E-state index contributed by atoms with van der Waals surface area (Å²) in [6, 6.07) is 11.5. The molecular formula is C20H15F3N4O4S. The van der Waals surface area contributed by atoms with Crippen LogP contribution in [0.15, 0.2) is 57.4 Å². The molecule has 32 heavy (non-hydrogen) atoms. The van der Waals surface area contributed by atoms with Gasteiger partial charge in [-0.3, -0.25) is 23.9 Å². The van der Waals surface area contributed by atoms with Gasteiger partial charge in [-0.1, -0.05) is 36.4 Å². The van der Waals surface area contributed by atoms with Crippen molar-refractivity contribution in [2.75, 3.05) is 5.32 Å². The molecule has 1 aliphatic rings. The molecule has 3 N–H and O–H groups in total. The summed E-state index contributed by atoms with van der Waals surface area (Å²) >= 11 is 0.870. The number of aromatic nitrogens is 2. The number of aryl methyl sites for hydroxylation is 1. The summed E-state index contributed by atoms with van der Waals surface area (Å²) in [5.74, 6) is -3.44. The molecule has 1 atom stereocenters. The maximum Gasteiger partial charge on any atom is 0.425 e. The van der Waals surface area contributed by atoms with E-state index in [-0.39, 0.29) is 17.8 Å². The fourth-order valence-corrected chi connectivity index (χ4v) is 4.18. The molecule has 12 heteroatoms. The zero-order valence-corrected chi connectivity index (χ0v) is 17.0. The van der Waals surface area contributed by atoms with Gasteiger partial charge >= 0.3 is 11.9 Å². The quantitative estimate of drug-likeness (QED) is 0.536. The maximum atomic E-state index is 14.3. The summed E-state index contributed by atoms with van der Waals surface area (Å²) in [6.45, 7) is -0.116. The molecule has 0 saturated heterocycles. The van der Waals surface area contributed by atoms with Crippen molar-refractivity contribution in [2.45, 2.75) is 24.7 Å². The molecule has 0 unspecified atom stereocenters. The van der Waals surface area contributed by atoms with Crippen LogP contribution in [-0.4, -0.2) is 27.5 Å². The minimum absolute atomic E-state index is 0.0799. The van der Waals surface area contributed by atoms with Gasteiger partial charge in [0.1, 0.15) is 11.4 Å². The fraction of sp³-hybridized carbons (Fsp3) is 0.200. The number of halogens is 3. The lowest BCUT2D eigenvalue weighted by molar-refractivity contribution is -0.196. The molecule has 166 valence electrons. The van der Waals surface area contributed by atoms with Crippen LogP contribution >= 0.6 is 11.3 Å². The molecule has 0 bridgehead atoms. The minimum atomic E-state index is -5.37. The number of benzene rings is 1. The van der Waals surface area contributed by atoms with Crippen molar-refractivity contribution in [3.05, 3.63) is 84.7 Å². The molecule has 2 amide bonds. The van der Waals surface area contributed by atoms with Crippen molar-refractivity contribution in [3.8, 4) is 0 Å². The first-order valence-electron chi connectivity index (χ1n) is 9.31. The molecule has 0 saturated carbocycles. The van der Waals surface area contributed by atoms with E-state index in [1.165, 1.54) is 17.5 Å². The van der Waals surface area contributed by atoms with Gasteiger partial charge in [0.2, 0.25) is 0 Å². The number of thiophene rings is 1. The van der Waals surface area contributed by atoms with E-state index in [0.29, 0.717) is 0 Å². The third-order valence-electron chi connectivity index (χ3n) is 5.09. The number of rotatable bonds is 5. The van der Waals surface area contributed by atoms with Gasteiger partial charge in [-0.15, -0.1) is 11.3 Å². The van der Waals surface area contributed by atoms with Gasteiger partial charge in [0.25, 0.3) is 22.9 Å². The molecule has 0 radical (unpaired) electrons. The molecule has 3 aromatic rings. The first kappa shape index (κ1) is 21.6. The zero-order valence-electron chi connectivity index (χ0n) is 16.2. The van der Waals surface area contributed by atoms with Gasteiger partial charge in [-0.25, -0.2) is 4.79 Å². The number of hydrogen-bond acceptors (Lipinski definition) is 5. The predicted octanol–water partition coefficient (Wildman–Crippen LogP) is 1.98. The third kappa shape index (κ3) is 3.42. The lowest BCUT2D eigenvalue weighted by atomic mass is 9.92. The van der Waals surface area contributed by atoms with Crippen LogP contribution in [0.3, 0.4) is 0 Å². The lowest BCUT2D eigenvalue weighted by Crippen LogP contribution is -2.62. The summed E-state index contributed by atoms with van der Waals surface area (Å²) in [6.07, 6.45) is -5.13. The standard InChI is InChI=1S/C20H15F3N4O4S/c21-20(22,23)19(26-15(28)12-7-4-10-32-12)13-14(24-17(19)30)27(18(31)25-16(13)29)9-8-11-5-2-1-3-6-11/h1-7,10H,8-9H2,(H,24,30)(H,26,28)(H,25,29,31)/t19-/m0/s1. The highest BCUT2D eigenvalue weighted by atomic mass is 32.1. The second kappa shape index (κ2) is 7.79. The van der Waals surface area contributed by atoms with Crippen LogP contribution in [0.1, 0.15) is 20.8 Å². The van der Waals surface area contributed by atoms with Crippen LogP contribution in [0, 0.1) is 0 Å². The van der Waals surface area contributed by atoms with Gasteiger partial charge in [0, 0.05) is 6.54 Å². The van der Waals surface area contributed by atoms with Crippen molar-refractivity contribution >= 4 is 29.0 Å². The number of H-pyrrole nitrogens is 1. The molecule has 1 aromatic carbocycles. The Labute approximate surface area is 181 Å². The van der Waals surface area contributed by atoms with Gasteiger partial charge in [-0.05, 0) is 23.4 Å². The Morgan fingerprint density at radius 1 is 1.09 bits per heavy atom. The minimum Gasteiger partial charge on any atom is -0.326 e. The molecule has 2 aromatic heterocycles. The van der Waals surface area contributed by atoms with E-state index in [2.05, 4.69) is 0 Å². The van der Waals surface area contributed by atoms with Crippen molar-refractivity contribution < 1.29 is 22.8 Å². The van der Waals surface area contributed by atoms with Gasteiger partial charge in [0.05, 0.1) is 4.88 Å². The number of amides is 2. The fourth-order valence-electron chi connectivity index (χ4n) is 3.56. The number of nitrogens with zero attached hydrogens (tertiary/aromatic N) is 1. The average Bonchev–Trinajstić information content (AvgIpc) is 3.36. The predicted molar refractivity (Wildman–Crippen MR) is 110 cm³/mol. The Morgan fingerprint density at radius 2 is 1.81 bits per heavy atom. The lowest BCUT2D eigenvalue weighted by Gasteiger charge is -2.29. The topological polar surface area (TPSA) is 113 Å². The van der Waals surface area contributed by atoms with Crippen LogP contribution < -0.4 is 21.9 Å². The van der Waals surface area contributed by atoms with Crippen LogP contribution in [0.25, 0.3) is 0 Å². The molecule has 0 aliphatic carbocycles. The van der Waals surface area contributed by atoms with Crippen molar-refractivity contribution in [1.29, 1.82) is 0 Å². The highest BCUT2D eigenvalue weighted by Gasteiger charge is 2.68. The number of anilines is 1. The Bertz CT molecular complexity index is 1300. The van der Waals surface area contributed by atoms with E-state index in [9.17, 15) is 32.3 Å². The van der Waals surface area contributed by atoms with Gasteiger partial charge in [0.15, 0.2) is 0 Å². The number of fused-ring (bicyclic) bond motifs is 1. The van der Waals surface area contributed by atoms with Crippen molar-refractivity contribution in [3.63, 3.8) is 0 Å². The van der Waals surface area contributed by atoms with E-state index in [1.54, 1.807) is 35.6 Å². The summed E-state index contributed by atoms with van der Waals surface area (Å²) in [5.41, 5.74) is -6.33. The third-order valence-corrected chi connectivity index (χ3v) is 5.95. The molecule has 8 nitrogen and oxygen atoms in total. The molecule has 0 fully saturated rings. The Hall–Kier alpha value is -3.67. The highest BCUT2D eigenvalue weighted by Crippen LogP contribution is 2.45. The Balaban J connectivity index is 1.84. The van der Waals surface area contributed by atoms with Crippen LogP contribution in [0.5, 0.6) is 0 Å². The van der Waals surface area contributed by atoms with Crippen LogP contribution in [-0.2, 0) is 23.3 Å². The summed E-state index contributed by atoms with van der Waals surface area (Å²) < 4.78 is 43.7. The zero-order chi connectivity index (χ0) is 23.1. The number of nitrogens with one attached hydrogen (secondary N) is 3. The first-order valence-corrected chi connectivity index (χ1v) is 10.2. The van der Waals surface area contributed by atoms with Crippen molar-refractivity contribution in [1.82, 2.24) is 14.9 Å². The number of aromatic amines is 1. The Morgan fingerprint density at radius 3 is 2.44 bits per heavy atom. The molecular weight excluding hydrogens is 449 g/mol. The largest absolute Gasteiger partial charge is 0.425 e. The van der Waals surface area contributed by atoms with E-state index in [1.807, 2.05) is 10.3 Å². The van der Waals surface area contributed by atoms with E-state index in [0.717, 1.165) is 21.5 Å². The van der Waals surface area contributed by atoms with E-state index < -0.39 is 46.2 Å². The van der Waals surface area contributed by atoms with Crippen LogP contribution in [0.4, 0.5) is 19.0 Å². The Kier molecular flexibility index (Phi) is 5.25. The second-order valence-corrected chi connectivity index (χ2v) is 7.95. The first-order chi connectivity index (χ1) is 15.1. The van der Waals surface area contributed by atoms with E-state index >= 15 is 0 Å². The SMILES string of the molecule is O=C(N[C@]1(C(F)(F)F)C(=O)Nc2c1c(=O)[nH]c(=O)n2CCc1ccccc1)c1cccs1. The van der Waals surface area contributed by atoms with Gasteiger partial charge in [-0.2, -0.15) is 13.2 Å². The number of carbonyl (C=O) groups excluding carboxylic acids is 2. The summed E-state index contributed by atoms with van der Waals surface area (Å²) in [7, 11) is 0. The van der Waals surface area contributed by atoms with Gasteiger partial charge < -0.3 is 10.6 Å². The van der Waals surface area contributed by atoms with E-state index in [4.69, 9.17) is 0 Å². The number of carbonyl (C=O) groups is 2. The number of hydrogen-bond donors (Lipinski definition) is 3. The monoisotopic (exact) mass is 464 g/mol. The summed E-state index contributed by atoms with van der Waals surface area (Å²) in [5, 5.41) is 5.18. The summed E-state index contributed by atoms with van der Waals surface area (Å²) in [4.78, 5) is 51.8. The molecule has 1 aliphatic heterocycles. The average molecular weight is 464 g/mol. The molecule has 4 rings (SSSR count). The normalized spacial score (nSPS) is 17.7. The smallest absolute Gasteiger partial charge is 0.326 e. The number of alkyl halides is 3. The van der Waals surface area contributed by atoms with Crippen LogP contribution in [0.2, 0.25) is 0 Å². The molecule has 3 heterocycles. The molecule has 0 spiro atoms.